The first-order chi connectivity index (χ1) is 12.1. The number of amides is 1. The number of carbonyl (C=O) groups excluding carboxylic acids is 1. The Morgan fingerprint density at radius 2 is 1.92 bits per heavy atom. The summed E-state index contributed by atoms with van der Waals surface area (Å²) in [6.45, 7) is 0.434. The van der Waals surface area contributed by atoms with Crippen molar-refractivity contribution in [2.45, 2.75) is 11.7 Å². The van der Waals surface area contributed by atoms with E-state index in [2.05, 4.69) is 20.5 Å². The average molecular weight is 393 g/mol. The number of carbonyl (C=O) groups is 1. The van der Waals surface area contributed by atoms with Crippen LogP contribution in [-0.2, 0) is 11.3 Å². The van der Waals surface area contributed by atoms with Crippen molar-refractivity contribution in [2.24, 2.45) is 0 Å². The lowest BCUT2D eigenvalue weighted by Crippen LogP contribution is -2.24. The Labute approximate surface area is 159 Å². The van der Waals surface area contributed by atoms with Gasteiger partial charge >= 0.3 is 0 Å². The molecule has 1 amide bonds. The maximum Gasteiger partial charge on any atom is 0.230 e. The predicted octanol–water partition coefficient (Wildman–Crippen LogP) is 4.19. The summed E-state index contributed by atoms with van der Waals surface area (Å²) in [6.07, 6.45) is 0. The molecule has 5 nitrogen and oxygen atoms in total. The van der Waals surface area contributed by atoms with E-state index >= 15 is 0 Å². The first kappa shape index (κ1) is 17.8. The summed E-state index contributed by atoms with van der Waals surface area (Å²) < 4.78 is 0. The number of hydrogen-bond donors (Lipinski definition) is 2. The molecule has 0 fully saturated rings. The van der Waals surface area contributed by atoms with E-state index in [-0.39, 0.29) is 11.7 Å². The van der Waals surface area contributed by atoms with E-state index in [1.54, 1.807) is 18.2 Å². The fourth-order valence-corrected chi connectivity index (χ4v) is 3.04. The Morgan fingerprint density at radius 3 is 2.68 bits per heavy atom. The minimum atomic E-state index is -0.0946. The second-order valence-electron chi connectivity index (χ2n) is 5.17. The zero-order valence-corrected chi connectivity index (χ0v) is 15.3. The van der Waals surface area contributed by atoms with Crippen molar-refractivity contribution < 1.29 is 4.79 Å². The highest BCUT2D eigenvalue weighted by Crippen LogP contribution is 2.20. The summed E-state index contributed by atoms with van der Waals surface area (Å²) in [5, 5.41) is 11.6. The smallest absolute Gasteiger partial charge is 0.230 e. The van der Waals surface area contributed by atoms with Crippen LogP contribution in [0, 0.1) is 0 Å². The standard InChI is InChI=1S/C17H14Cl2N4OS/c18-13-6-4-12(5-7-13)16-21-17(23-22-16)25-10-15(24)20-9-11-2-1-3-14(19)8-11/h1-8H,9-10H2,(H,20,24)(H,21,22,23). The maximum atomic E-state index is 11.9. The van der Waals surface area contributed by atoms with Crippen LogP contribution in [0.25, 0.3) is 11.4 Å². The number of benzene rings is 2. The number of rotatable bonds is 6. The molecule has 0 aliphatic heterocycles. The van der Waals surface area contributed by atoms with Gasteiger partial charge in [-0.2, -0.15) is 0 Å². The Kier molecular flexibility index (Phi) is 5.96. The largest absolute Gasteiger partial charge is 0.351 e. The van der Waals surface area contributed by atoms with Gasteiger partial charge in [-0.05, 0) is 42.0 Å². The molecular weight excluding hydrogens is 379 g/mol. The van der Waals surface area contributed by atoms with Crippen molar-refractivity contribution in [3.8, 4) is 11.4 Å². The average Bonchev–Trinajstić information content (AvgIpc) is 3.08. The van der Waals surface area contributed by atoms with E-state index in [9.17, 15) is 4.79 Å². The van der Waals surface area contributed by atoms with Crippen molar-refractivity contribution in [1.29, 1.82) is 0 Å². The molecular formula is C17H14Cl2N4OS. The molecule has 0 radical (unpaired) electrons. The van der Waals surface area contributed by atoms with Crippen LogP contribution in [0.4, 0.5) is 0 Å². The van der Waals surface area contributed by atoms with Crippen LogP contribution in [0.1, 0.15) is 5.56 Å². The number of aromatic nitrogens is 3. The summed E-state index contributed by atoms with van der Waals surface area (Å²) in [5.74, 6) is 0.777. The van der Waals surface area contributed by atoms with Gasteiger partial charge in [0, 0.05) is 22.2 Å². The van der Waals surface area contributed by atoms with Gasteiger partial charge in [-0.1, -0.05) is 47.1 Å². The topological polar surface area (TPSA) is 70.7 Å². The van der Waals surface area contributed by atoms with Gasteiger partial charge in [0.2, 0.25) is 11.1 Å². The van der Waals surface area contributed by atoms with E-state index < -0.39 is 0 Å². The lowest BCUT2D eigenvalue weighted by atomic mass is 10.2. The Hall–Kier alpha value is -2.02. The van der Waals surface area contributed by atoms with Gasteiger partial charge in [0.15, 0.2) is 5.82 Å². The van der Waals surface area contributed by atoms with Gasteiger partial charge in [-0.3, -0.25) is 9.89 Å². The molecule has 2 aromatic carbocycles. The first-order valence-electron chi connectivity index (χ1n) is 7.42. The van der Waals surface area contributed by atoms with Crippen LogP contribution in [-0.4, -0.2) is 26.8 Å². The molecule has 0 bridgehead atoms. The lowest BCUT2D eigenvalue weighted by molar-refractivity contribution is -0.118. The highest BCUT2D eigenvalue weighted by atomic mass is 35.5. The van der Waals surface area contributed by atoms with Gasteiger partial charge in [0.1, 0.15) is 0 Å². The normalized spacial score (nSPS) is 10.6. The molecule has 8 heteroatoms. The zero-order chi connectivity index (χ0) is 17.6. The van der Waals surface area contributed by atoms with Crippen LogP contribution in [0.2, 0.25) is 10.0 Å². The van der Waals surface area contributed by atoms with Crippen molar-refractivity contribution >= 4 is 40.9 Å². The number of H-pyrrole nitrogens is 1. The van der Waals surface area contributed by atoms with Crippen LogP contribution in [0.5, 0.6) is 0 Å². The Morgan fingerprint density at radius 1 is 1.12 bits per heavy atom. The third kappa shape index (κ3) is 5.22. The third-order valence-corrected chi connectivity index (χ3v) is 4.63. The lowest BCUT2D eigenvalue weighted by Gasteiger charge is -2.04. The zero-order valence-electron chi connectivity index (χ0n) is 13.0. The number of aromatic amines is 1. The van der Waals surface area contributed by atoms with Crippen molar-refractivity contribution in [3.63, 3.8) is 0 Å². The molecule has 2 N–H and O–H groups in total. The number of thioether (sulfide) groups is 1. The molecule has 1 heterocycles. The summed E-state index contributed by atoms with van der Waals surface area (Å²) in [5.41, 5.74) is 1.84. The molecule has 0 saturated carbocycles. The second kappa shape index (κ2) is 8.38. The van der Waals surface area contributed by atoms with Gasteiger partial charge in [0.25, 0.3) is 0 Å². The Bertz CT molecular complexity index is 867. The van der Waals surface area contributed by atoms with Gasteiger partial charge in [-0.25, -0.2) is 4.98 Å². The molecule has 0 unspecified atom stereocenters. The van der Waals surface area contributed by atoms with Gasteiger partial charge in [0.05, 0.1) is 5.75 Å². The third-order valence-electron chi connectivity index (χ3n) is 3.29. The summed E-state index contributed by atoms with van der Waals surface area (Å²) >= 11 is 13.1. The van der Waals surface area contributed by atoms with Crippen molar-refractivity contribution in [2.75, 3.05) is 5.75 Å². The molecule has 0 saturated heterocycles. The Balaban J connectivity index is 1.50. The minimum absolute atomic E-state index is 0.0946. The van der Waals surface area contributed by atoms with Crippen LogP contribution >= 0.6 is 35.0 Å². The number of nitrogens with one attached hydrogen (secondary N) is 2. The molecule has 0 spiro atoms. The molecule has 128 valence electrons. The molecule has 0 atom stereocenters. The summed E-state index contributed by atoms with van der Waals surface area (Å²) in [6, 6.07) is 14.7. The van der Waals surface area contributed by atoms with E-state index in [4.69, 9.17) is 23.2 Å². The van der Waals surface area contributed by atoms with Crippen LogP contribution < -0.4 is 5.32 Å². The first-order valence-corrected chi connectivity index (χ1v) is 9.16. The molecule has 0 aliphatic carbocycles. The SMILES string of the molecule is O=C(CSc1n[nH]c(-c2ccc(Cl)cc2)n1)NCc1cccc(Cl)c1. The van der Waals surface area contributed by atoms with Crippen molar-refractivity contribution in [3.05, 3.63) is 64.1 Å². The number of nitrogens with zero attached hydrogens (tertiary/aromatic N) is 2. The summed E-state index contributed by atoms with van der Waals surface area (Å²) in [4.78, 5) is 16.3. The van der Waals surface area contributed by atoms with E-state index in [0.29, 0.717) is 27.6 Å². The van der Waals surface area contributed by atoms with Crippen LogP contribution in [0.15, 0.2) is 53.7 Å². The number of hydrogen-bond acceptors (Lipinski definition) is 4. The van der Waals surface area contributed by atoms with Gasteiger partial charge < -0.3 is 5.32 Å². The maximum absolute atomic E-state index is 11.9. The minimum Gasteiger partial charge on any atom is -0.351 e. The molecule has 25 heavy (non-hydrogen) atoms. The second-order valence-corrected chi connectivity index (χ2v) is 6.98. The molecule has 0 aliphatic rings. The molecule has 3 aromatic rings. The fourth-order valence-electron chi connectivity index (χ4n) is 2.08. The van der Waals surface area contributed by atoms with E-state index in [1.165, 1.54) is 11.8 Å². The highest BCUT2D eigenvalue weighted by molar-refractivity contribution is 7.99. The van der Waals surface area contributed by atoms with Crippen molar-refractivity contribution in [1.82, 2.24) is 20.5 Å². The van der Waals surface area contributed by atoms with E-state index in [0.717, 1.165) is 11.1 Å². The monoisotopic (exact) mass is 392 g/mol. The van der Waals surface area contributed by atoms with Crippen LogP contribution in [0.3, 0.4) is 0 Å². The quantitative estimate of drug-likeness (QED) is 0.617. The molecule has 1 aromatic heterocycles. The van der Waals surface area contributed by atoms with E-state index in [1.807, 2.05) is 30.3 Å². The van der Waals surface area contributed by atoms with Gasteiger partial charge in [-0.15, -0.1) is 5.10 Å². The highest BCUT2D eigenvalue weighted by Gasteiger charge is 2.09. The predicted molar refractivity (Wildman–Crippen MR) is 101 cm³/mol. The fraction of sp³-hybridized carbons (Fsp3) is 0.118. The summed E-state index contributed by atoms with van der Waals surface area (Å²) in [7, 11) is 0. The molecule has 3 rings (SSSR count). The number of halogens is 2.